The summed E-state index contributed by atoms with van der Waals surface area (Å²) in [5, 5.41) is 7.12. The average molecular weight is 316 g/mol. The van der Waals surface area contributed by atoms with Crippen molar-refractivity contribution in [2.24, 2.45) is 0 Å². The summed E-state index contributed by atoms with van der Waals surface area (Å²) in [5.74, 6) is -1.98. The number of aryl methyl sites for hydroxylation is 2. The van der Waals surface area contributed by atoms with Crippen molar-refractivity contribution in [3.8, 4) is 0 Å². The molecule has 0 atom stereocenters. The van der Waals surface area contributed by atoms with Crippen molar-refractivity contribution < 1.29 is 18.1 Å². The summed E-state index contributed by atoms with van der Waals surface area (Å²) in [6.07, 6.45) is -0.0618. The number of anilines is 1. The Hall–Kier alpha value is -2.76. The summed E-state index contributed by atoms with van der Waals surface area (Å²) in [7, 11) is 0. The van der Waals surface area contributed by atoms with Crippen molar-refractivity contribution in [3.63, 3.8) is 0 Å². The maximum absolute atomic E-state index is 13.6. The number of carbonyl (C=O) groups excluding carboxylic acids is 1. The van der Waals surface area contributed by atoms with Crippen LogP contribution in [-0.2, 0) is 11.2 Å². The van der Waals surface area contributed by atoms with Gasteiger partial charge in [0.2, 0.25) is 5.91 Å². The minimum atomic E-state index is -0.824. The molecule has 1 heterocycles. The van der Waals surface area contributed by atoms with Crippen LogP contribution in [0.1, 0.15) is 16.8 Å². The van der Waals surface area contributed by atoms with Crippen LogP contribution in [0.4, 0.5) is 14.5 Å². The molecule has 1 N–H and O–H groups in total. The summed E-state index contributed by atoms with van der Waals surface area (Å²) in [4.78, 5) is 12.1. The van der Waals surface area contributed by atoms with Gasteiger partial charge in [0, 0.05) is 11.5 Å². The lowest BCUT2D eigenvalue weighted by molar-refractivity contribution is -0.115. The van der Waals surface area contributed by atoms with E-state index in [2.05, 4.69) is 10.5 Å². The summed E-state index contributed by atoms with van der Waals surface area (Å²) < 4.78 is 31.7. The molecule has 0 saturated heterocycles. The molecule has 0 fully saturated rings. The number of amides is 1. The molecule has 0 saturated carbocycles. The Morgan fingerprint density at radius 1 is 1.22 bits per heavy atom. The number of nitrogens with zero attached hydrogens (tertiary/aromatic N) is 1. The monoisotopic (exact) mass is 316 g/mol. The van der Waals surface area contributed by atoms with Crippen LogP contribution in [-0.4, -0.2) is 11.1 Å². The molecule has 23 heavy (non-hydrogen) atoms. The molecule has 0 aliphatic carbocycles. The van der Waals surface area contributed by atoms with Gasteiger partial charge >= 0.3 is 0 Å². The van der Waals surface area contributed by atoms with Crippen LogP contribution >= 0.6 is 0 Å². The zero-order chi connectivity index (χ0) is 16.6. The maximum Gasteiger partial charge on any atom is 0.230 e. The number of fused-ring (bicyclic) bond motifs is 1. The fraction of sp³-hybridized carbons (Fsp3) is 0.176. The highest BCUT2D eigenvalue weighted by Gasteiger charge is 2.16. The summed E-state index contributed by atoms with van der Waals surface area (Å²) >= 11 is 0. The van der Waals surface area contributed by atoms with E-state index in [9.17, 15) is 13.6 Å². The van der Waals surface area contributed by atoms with Crippen LogP contribution in [0, 0.1) is 25.5 Å². The molecule has 2 aromatic carbocycles. The van der Waals surface area contributed by atoms with Crippen LogP contribution in [0.3, 0.4) is 0 Å². The Morgan fingerprint density at radius 2 is 2.00 bits per heavy atom. The van der Waals surface area contributed by atoms with Gasteiger partial charge in [-0.3, -0.25) is 4.79 Å². The van der Waals surface area contributed by atoms with Gasteiger partial charge in [0.05, 0.1) is 12.1 Å². The Bertz CT molecular complexity index is 903. The molecule has 4 nitrogen and oxygen atoms in total. The molecule has 6 heteroatoms. The van der Waals surface area contributed by atoms with Crippen molar-refractivity contribution in [2.75, 3.05) is 5.32 Å². The molecule has 0 radical (unpaired) electrons. The number of nitrogens with one attached hydrogen (secondary N) is 1. The molecule has 0 aliphatic rings. The van der Waals surface area contributed by atoms with Crippen LogP contribution in [0.5, 0.6) is 0 Å². The second-order valence-corrected chi connectivity index (χ2v) is 5.43. The topological polar surface area (TPSA) is 55.1 Å². The number of rotatable bonds is 3. The number of hydrogen-bond acceptors (Lipinski definition) is 3. The third kappa shape index (κ3) is 3.06. The van der Waals surface area contributed by atoms with E-state index in [0.717, 1.165) is 22.6 Å². The van der Waals surface area contributed by atoms with Gasteiger partial charge in [-0.05, 0) is 43.2 Å². The lowest BCUT2D eigenvalue weighted by Gasteiger charge is -2.06. The van der Waals surface area contributed by atoms with E-state index in [-0.39, 0.29) is 12.1 Å². The normalized spacial score (nSPS) is 11.0. The lowest BCUT2D eigenvalue weighted by atomic mass is 10.0. The predicted octanol–water partition coefficient (Wildman–Crippen LogP) is 3.90. The van der Waals surface area contributed by atoms with Gasteiger partial charge in [0.15, 0.2) is 5.58 Å². The minimum absolute atomic E-state index is 0.0618. The molecule has 118 valence electrons. The molecular weight excluding hydrogens is 302 g/mol. The van der Waals surface area contributed by atoms with Gasteiger partial charge in [0.25, 0.3) is 0 Å². The Labute approximate surface area is 131 Å². The van der Waals surface area contributed by atoms with Crippen LogP contribution in [0.25, 0.3) is 11.0 Å². The maximum atomic E-state index is 13.6. The Kier molecular flexibility index (Phi) is 3.82. The van der Waals surface area contributed by atoms with Crippen LogP contribution < -0.4 is 5.32 Å². The molecule has 0 spiro atoms. The van der Waals surface area contributed by atoms with E-state index in [1.54, 1.807) is 0 Å². The van der Waals surface area contributed by atoms with Gasteiger partial charge in [-0.15, -0.1) is 0 Å². The van der Waals surface area contributed by atoms with Gasteiger partial charge in [-0.1, -0.05) is 11.2 Å². The highest BCUT2D eigenvalue weighted by molar-refractivity contribution is 5.95. The Balaban J connectivity index is 1.83. The molecule has 1 aromatic heterocycles. The van der Waals surface area contributed by atoms with Crippen molar-refractivity contribution in [1.82, 2.24) is 5.16 Å². The molecule has 3 rings (SSSR count). The zero-order valence-electron chi connectivity index (χ0n) is 12.6. The first kappa shape index (κ1) is 15.1. The van der Waals surface area contributed by atoms with E-state index in [4.69, 9.17) is 4.52 Å². The van der Waals surface area contributed by atoms with Gasteiger partial charge in [-0.25, -0.2) is 8.78 Å². The molecule has 3 aromatic rings. The summed E-state index contributed by atoms with van der Waals surface area (Å²) in [6, 6.07) is 6.79. The second-order valence-electron chi connectivity index (χ2n) is 5.43. The Morgan fingerprint density at radius 3 is 2.74 bits per heavy atom. The van der Waals surface area contributed by atoms with Gasteiger partial charge in [0.1, 0.15) is 17.3 Å². The van der Waals surface area contributed by atoms with Gasteiger partial charge in [-0.2, -0.15) is 0 Å². The highest BCUT2D eigenvalue weighted by Crippen LogP contribution is 2.25. The first-order chi connectivity index (χ1) is 10.9. The van der Waals surface area contributed by atoms with E-state index in [1.165, 1.54) is 6.07 Å². The van der Waals surface area contributed by atoms with Crippen molar-refractivity contribution >= 4 is 22.6 Å². The largest absolute Gasteiger partial charge is 0.356 e. The van der Waals surface area contributed by atoms with Crippen molar-refractivity contribution in [3.05, 3.63) is 58.8 Å². The first-order valence-electron chi connectivity index (χ1n) is 7.04. The van der Waals surface area contributed by atoms with E-state index in [0.29, 0.717) is 17.3 Å². The first-order valence-corrected chi connectivity index (χ1v) is 7.04. The fourth-order valence-corrected chi connectivity index (χ4v) is 2.58. The minimum Gasteiger partial charge on any atom is -0.356 e. The van der Waals surface area contributed by atoms with E-state index < -0.39 is 17.5 Å². The number of carbonyl (C=O) groups is 1. The van der Waals surface area contributed by atoms with Crippen LogP contribution in [0.2, 0.25) is 0 Å². The fourth-order valence-electron chi connectivity index (χ4n) is 2.58. The molecular formula is C17H14F2N2O2. The molecule has 0 bridgehead atoms. The number of benzene rings is 2. The summed E-state index contributed by atoms with van der Waals surface area (Å²) in [5.41, 5.74) is 3.01. The standard InChI is InChI=1S/C17H14F2N2O2/c1-9-5-10(2)17-14(21-23-15(17)6-9)8-16(22)20-13-4-3-11(18)7-12(13)19/h3-7H,8H2,1-2H3,(H,20,22). The average Bonchev–Trinajstić information content (AvgIpc) is 2.85. The zero-order valence-corrected chi connectivity index (χ0v) is 12.6. The number of halogens is 2. The van der Waals surface area contributed by atoms with Crippen molar-refractivity contribution in [2.45, 2.75) is 20.3 Å². The van der Waals surface area contributed by atoms with E-state index in [1.807, 2.05) is 26.0 Å². The van der Waals surface area contributed by atoms with Crippen molar-refractivity contribution in [1.29, 1.82) is 0 Å². The highest BCUT2D eigenvalue weighted by atomic mass is 19.1. The smallest absolute Gasteiger partial charge is 0.230 e. The van der Waals surface area contributed by atoms with E-state index >= 15 is 0 Å². The summed E-state index contributed by atoms with van der Waals surface area (Å²) in [6.45, 7) is 3.85. The van der Waals surface area contributed by atoms with Crippen LogP contribution in [0.15, 0.2) is 34.9 Å². The predicted molar refractivity (Wildman–Crippen MR) is 82.2 cm³/mol. The number of aromatic nitrogens is 1. The third-order valence-electron chi connectivity index (χ3n) is 3.52. The van der Waals surface area contributed by atoms with Gasteiger partial charge < -0.3 is 9.84 Å². The third-order valence-corrected chi connectivity index (χ3v) is 3.52. The second kappa shape index (κ2) is 5.79. The number of hydrogen-bond donors (Lipinski definition) is 1. The molecule has 0 unspecified atom stereocenters. The SMILES string of the molecule is Cc1cc(C)c2c(CC(=O)Nc3ccc(F)cc3F)noc2c1. The molecule has 0 aliphatic heterocycles. The lowest BCUT2D eigenvalue weighted by Crippen LogP contribution is -2.15. The quantitative estimate of drug-likeness (QED) is 0.797. The molecule has 1 amide bonds.